The van der Waals surface area contributed by atoms with Crippen molar-refractivity contribution in [3.63, 3.8) is 0 Å². The van der Waals surface area contributed by atoms with Crippen LogP contribution in [0.1, 0.15) is 61.3 Å². The minimum Gasteiger partial charge on any atom is -0.341 e. The Kier molecular flexibility index (Phi) is 6.98. The first-order valence-electron chi connectivity index (χ1n) is 12.0. The molecule has 33 heavy (non-hydrogen) atoms. The third-order valence-electron chi connectivity index (χ3n) is 6.28. The van der Waals surface area contributed by atoms with Crippen molar-refractivity contribution in [2.45, 2.75) is 59.3 Å². The molecule has 3 aromatic carbocycles. The first-order chi connectivity index (χ1) is 16.0. The molecule has 0 fully saturated rings. The number of hydrogen-bond donors (Lipinski definition) is 1. The van der Waals surface area contributed by atoms with E-state index in [9.17, 15) is 4.79 Å². The number of unbranched alkanes of at least 4 members (excludes halogenated alkanes) is 1. The molecule has 0 aliphatic carbocycles. The van der Waals surface area contributed by atoms with Crippen LogP contribution in [-0.4, -0.2) is 10.9 Å². The molecule has 1 atom stereocenters. The van der Waals surface area contributed by atoms with Crippen LogP contribution in [0.5, 0.6) is 0 Å². The fourth-order valence-corrected chi connectivity index (χ4v) is 4.81. The number of carbonyl (C=O) groups is 1. The molecule has 4 aromatic rings. The summed E-state index contributed by atoms with van der Waals surface area (Å²) in [5, 5.41) is 1.19. The molecule has 0 bridgehead atoms. The number of para-hydroxylation sites is 1. The van der Waals surface area contributed by atoms with Gasteiger partial charge in [0.25, 0.3) is 0 Å². The molecule has 3 nitrogen and oxygen atoms in total. The zero-order valence-electron chi connectivity index (χ0n) is 20.2. The van der Waals surface area contributed by atoms with E-state index in [-0.39, 0.29) is 11.8 Å². The smallest absolute Gasteiger partial charge is 0.232 e. The maximum atomic E-state index is 13.6. The number of benzene rings is 3. The third kappa shape index (κ3) is 5.03. The first kappa shape index (κ1) is 22.8. The minimum atomic E-state index is 0.140. The summed E-state index contributed by atoms with van der Waals surface area (Å²) < 4.78 is 0. The highest BCUT2D eigenvalue weighted by molar-refractivity contribution is 6.04. The lowest BCUT2D eigenvalue weighted by molar-refractivity contribution is -0.118. The van der Waals surface area contributed by atoms with Crippen molar-refractivity contribution in [2.24, 2.45) is 0 Å². The lowest BCUT2D eigenvalue weighted by Crippen LogP contribution is -2.27. The molecule has 0 aliphatic rings. The van der Waals surface area contributed by atoms with Crippen LogP contribution in [0.25, 0.3) is 10.9 Å². The maximum absolute atomic E-state index is 13.6. The van der Waals surface area contributed by atoms with Gasteiger partial charge in [-0.05, 0) is 67.5 Å². The molecule has 0 saturated carbocycles. The standard InChI is InChI=1S/C30H34N2O/c1-5-6-16-28(33)32(25-18-21(2)17-22(3)19-25)30-29(26-14-10-11-15-27(26)31-30)23(4)20-24-12-8-7-9-13-24/h7-15,17-19,23,31H,5-6,16,20H2,1-4H3. The van der Waals surface area contributed by atoms with Crippen LogP contribution < -0.4 is 4.90 Å². The number of H-pyrrole nitrogens is 1. The van der Waals surface area contributed by atoms with Crippen molar-refractivity contribution in [1.82, 2.24) is 4.98 Å². The first-order valence-corrected chi connectivity index (χ1v) is 12.0. The Labute approximate surface area is 197 Å². The van der Waals surface area contributed by atoms with E-state index in [2.05, 4.69) is 99.4 Å². The summed E-state index contributed by atoms with van der Waals surface area (Å²) in [4.78, 5) is 19.2. The molecule has 170 valence electrons. The zero-order chi connectivity index (χ0) is 23.4. The Morgan fingerprint density at radius 1 is 0.939 bits per heavy atom. The lowest BCUT2D eigenvalue weighted by Gasteiger charge is -2.26. The average Bonchev–Trinajstić information content (AvgIpc) is 3.17. The monoisotopic (exact) mass is 438 g/mol. The number of aromatic amines is 1. The number of rotatable bonds is 8. The molecule has 0 saturated heterocycles. The van der Waals surface area contributed by atoms with E-state index in [1.54, 1.807) is 0 Å². The van der Waals surface area contributed by atoms with Crippen LogP contribution in [0.4, 0.5) is 11.5 Å². The van der Waals surface area contributed by atoms with Gasteiger partial charge in [-0.15, -0.1) is 0 Å². The Balaban J connectivity index is 1.88. The second-order valence-electron chi connectivity index (χ2n) is 9.20. The number of aryl methyl sites for hydroxylation is 2. The fraction of sp³-hybridized carbons (Fsp3) is 0.300. The van der Waals surface area contributed by atoms with Gasteiger partial charge in [0, 0.05) is 22.9 Å². The van der Waals surface area contributed by atoms with Gasteiger partial charge in [-0.1, -0.05) is 74.9 Å². The lowest BCUT2D eigenvalue weighted by atomic mass is 9.92. The van der Waals surface area contributed by atoms with Gasteiger partial charge in [0.2, 0.25) is 5.91 Å². The topological polar surface area (TPSA) is 36.1 Å². The molecule has 1 amide bonds. The van der Waals surface area contributed by atoms with E-state index in [0.29, 0.717) is 6.42 Å². The summed E-state index contributed by atoms with van der Waals surface area (Å²) in [7, 11) is 0. The largest absolute Gasteiger partial charge is 0.341 e. The summed E-state index contributed by atoms with van der Waals surface area (Å²) in [6, 6.07) is 25.4. The van der Waals surface area contributed by atoms with Crippen molar-refractivity contribution in [3.8, 4) is 0 Å². The maximum Gasteiger partial charge on any atom is 0.232 e. The number of hydrogen-bond acceptors (Lipinski definition) is 1. The van der Waals surface area contributed by atoms with E-state index in [0.717, 1.165) is 47.4 Å². The van der Waals surface area contributed by atoms with E-state index in [4.69, 9.17) is 0 Å². The van der Waals surface area contributed by atoms with Crippen molar-refractivity contribution < 1.29 is 4.79 Å². The van der Waals surface area contributed by atoms with E-state index in [1.165, 1.54) is 16.5 Å². The summed E-state index contributed by atoms with van der Waals surface area (Å²) in [5.41, 5.74) is 6.84. The Morgan fingerprint density at radius 2 is 1.61 bits per heavy atom. The second-order valence-corrected chi connectivity index (χ2v) is 9.20. The molecule has 1 aromatic heterocycles. The Morgan fingerprint density at radius 3 is 2.30 bits per heavy atom. The number of anilines is 2. The highest BCUT2D eigenvalue weighted by Gasteiger charge is 2.27. The van der Waals surface area contributed by atoms with Crippen molar-refractivity contribution >= 4 is 28.3 Å². The molecule has 0 spiro atoms. The molecule has 0 radical (unpaired) electrons. The highest BCUT2D eigenvalue weighted by atomic mass is 16.2. The number of amides is 1. The quantitative estimate of drug-likeness (QED) is 0.297. The number of nitrogens with one attached hydrogen (secondary N) is 1. The fourth-order valence-electron chi connectivity index (χ4n) is 4.81. The summed E-state index contributed by atoms with van der Waals surface area (Å²) in [6.07, 6.45) is 3.33. The van der Waals surface area contributed by atoms with Crippen molar-refractivity contribution in [1.29, 1.82) is 0 Å². The molecule has 1 N–H and O–H groups in total. The van der Waals surface area contributed by atoms with Crippen LogP contribution in [-0.2, 0) is 11.2 Å². The summed E-state index contributed by atoms with van der Waals surface area (Å²) in [6.45, 7) is 8.58. The zero-order valence-corrected chi connectivity index (χ0v) is 20.2. The highest BCUT2D eigenvalue weighted by Crippen LogP contribution is 2.40. The van der Waals surface area contributed by atoms with E-state index in [1.807, 2.05) is 11.0 Å². The average molecular weight is 439 g/mol. The minimum absolute atomic E-state index is 0.140. The van der Waals surface area contributed by atoms with Gasteiger partial charge >= 0.3 is 0 Å². The summed E-state index contributed by atoms with van der Waals surface area (Å²) >= 11 is 0. The third-order valence-corrected chi connectivity index (χ3v) is 6.28. The Bertz CT molecular complexity index is 1220. The molecule has 1 heterocycles. The number of carbonyl (C=O) groups excluding carboxylic acids is 1. The van der Waals surface area contributed by atoms with Gasteiger partial charge < -0.3 is 4.98 Å². The van der Waals surface area contributed by atoms with Gasteiger partial charge in [0.05, 0.1) is 5.69 Å². The molecule has 4 rings (SSSR count). The summed E-state index contributed by atoms with van der Waals surface area (Å²) in [5.74, 6) is 1.29. The van der Waals surface area contributed by atoms with E-state index >= 15 is 0 Å². The molecule has 1 unspecified atom stereocenters. The number of aromatic nitrogens is 1. The van der Waals surface area contributed by atoms with Crippen LogP contribution in [0.2, 0.25) is 0 Å². The van der Waals surface area contributed by atoms with Crippen LogP contribution >= 0.6 is 0 Å². The second kappa shape index (κ2) is 10.1. The molecule has 3 heteroatoms. The molecular formula is C30H34N2O. The van der Waals surface area contributed by atoms with Crippen LogP contribution in [0, 0.1) is 13.8 Å². The SMILES string of the molecule is CCCCC(=O)N(c1cc(C)cc(C)c1)c1[nH]c2ccccc2c1C(C)Cc1ccccc1. The van der Waals surface area contributed by atoms with Gasteiger partial charge in [-0.2, -0.15) is 0 Å². The van der Waals surface area contributed by atoms with Crippen LogP contribution in [0.15, 0.2) is 72.8 Å². The van der Waals surface area contributed by atoms with Crippen molar-refractivity contribution in [3.05, 3.63) is 95.1 Å². The van der Waals surface area contributed by atoms with Gasteiger partial charge in [-0.25, -0.2) is 0 Å². The van der Waals surface area contributed by atoms with Gasteiger partial charge in [-0.3, -0.25) is 9.69 Å². The van der Waals surface area contributed by atoms with E-state index < -0.39 is 0 Å². The van der Waals surface area contributed by atoms with Gasteiger partial charge in [0.1, 0.15) is 5.82 Å². The Hall–Kier alpha value is -3.33. The number of fused-ring (bicyclic) bond motifs is 1. The molecular weight excluding hydrogens is 404 g/mol. The predicted octanol–water partition coefficient (Wildman–Crippen LogP) is 7.99. The number of nitrogens with zero attached hydrogens (tertiary/aromatic N) is 1. The van der Waals surface area contributed by atoms with Crippen LogP contribution in [0.3, 0.4) is 0 Å². The van der Waals surface area contributed by atoms with Gasteiger partial charge in [0.15, 0.2) is 0 Å². The predicted molar refractivity (Wildman–Crippen MR) is 139 cm³/mol. The normalized spacial score (nSPS) is 12.1. The molecule has 0 aliphatic heterocycles. The van der Waals surface area contributed by atoms with Crippen molar-refractivity contribution in [2.75, 3.05) is 4.90 Å².